The van der Waals surface area contributed by atoms with Crippen LogP contribution in [0.4, 0.5) is 0 Å². The maximum absolute atomic E-state index is 9.39. The van der Waals surface area contributed by atoms with Crippen molar-refractivity contribution in [2.45, 2.75) is 32.5 Å². The second kappa shape index (κ2) is 6.29. The van der Waals surface area contributed by atoms with Gasteiger partial charge in [0.2, 0.25) is 6.20 Å². The number of aliphatic hydroxyl groups is 1. The number of aromatic nitrogens is 2. The van der Waals surface area contributed by atoms with Crippen LogP contribution in [0.25, 0.3) is 11.4 Å². The van der Waals surface area contributed by atoms with Crippen molar-refractivity contribution < 1.29 is 14.7 Å². The van der Waals surface area contributed by atoms with E-state index in [9.17, 15) is 5.11 Å². The molecule has 0 fully saturated rings. The number of hydrogen-bond donors (Lipinski definition) is 1. The van der Waals surface area contributed by atoms with Crippen molar-refractivity contribution >= 4 is 0 Å². The molecule has 2 rings (SSSR count). The van der Waals surface area contributed by atoms with Crippen molar-refractivity contribution in [1.82, 2.24) is 4.98 Å². The van der Waals surface area contributed by atoms with E-state index in [4.69, 9.17) is 4.84 Å². The molecule has 2 aromatic rings. The lowest BCUT2D eigenvalue weighted by Crippen LogP contribution is -2.49. The van der Waals surface area contributed by atoms with Crippen molar-refractivity contribution in [3.8, 4) is 11.4 Å². The summed E-state index contributed by atoms with van der Waals surface area (Å²) in [5, 5.41) is 9.39. The molecular formula is C15H19N2O2+. The van der Waals surface area contributed by atoms with Gasteiger partial charge in [-0.2, -0.15) is 0 Å². The number of pyridine rings is 2. The number of aliphatic hydroxyl groups excluding tert-OH is 1. The number of hydrogen-bond acceptors (Lipinski definition) is 3. The Balaban J connectivity index is 2.22. The third kappa shape index (κ3) is 3.76. The van der Waals surface area contributed by atoms with Crippen LogP contribution in [0.15, 0.2) is 48.8 Å². The Hall–Kier alpha value is -1.94. The lowest BCUT2D eigenvalue weighted by Gasteiger charge is -2.11. The van der Waals surface area contributed by atoms with Crippen LogP contribution in [0, 0.1) is 0 Å². The summed E-state index contributed by atoms with van der Waals surface area (Å²) in [6.45, 7) is 3.70. The van der Waals surface area contributed by atoms with Gasteiger partial charge >= 0.3 is 0 Å². The van der Waals surface area contributed by atoms with Gasteiger partial charge in [0.1, 0.15) is 5.69 Å². The highest BCUT2D eigenvalue weighted by Gasteiger charge is 2.19. The average Bonchev–Trinajstić information content (AvgIpc) is 2.39. The molecule has 4 heteroatoms. The molecule has 0 aliphatic carbocycles. The van der Waals surface area contributed by atoms with Gasteiger partial charge in [0.05, 0.1) is 6.10 Å². The topological polar surface area (TPSA) is 46.2 Å². The molecule has 2 atom stereocenters. The zero-order valence-corrected chi connectivity index (χ0v) is 11.2. The van der Waals surface area contributed by atoms with Gasteiger partial charge in [0, 0.05) is 29.5 Å². The quantitative estimate of drug-likeness (QED) is 0.830. The van der Waals surface area contributed by atoms with Gasteiger partial charge in [0.15, 0.2) is 6.10 Å². The van der Waals surface area contributed by atoms with Crippen LogP contribution in [0.2, 0.25) is 0 Å². The Labute approximate surface area is 113 Å². The molecule has 0 aliphatic heterocycles. The van der Waals surface area contributed by atoms with Gasteiger partial charge in [-0.3, -0.25) is 4.84 Å². The summed E-state index contributed by atoms with van der Waals surface area (Å²) >= 11 is 0. The maximum Gasteiger partial charge on any atom is 0.282 e. The van der Waals surface area contributed by atoms with Crippen molar-refractivity contribution in [1.29, 1.82) is 0 Å². The highest BCUT2D eigenvalue weighted by atomic mass is 16.7. The Morgan fingerprint density at radius 3 is 2.68 bits per heavy atom. The van der Waals surface area contributed by atoms with E-state index in [0.29, 0.717) is 6.42 Å². The summed E-state index contributed by atoms with van der Waals surface area (Å²) in [6, 6.07) is 11.6. The van der Waals surface area contributed by atoms with Gasteiger partial charge in [-0.15, -0.1) is 0 Å². The molecule has 0 radical (unpaired) electrons. The molecule has 0 saturated carbocycles. The molecule has 0 aliphatic rings. The molecule has 4 nitrogen and oxygen atoms in total. The average molecular weight is 259 g/mol. The molecular weight excluding hydrogens is 240 g/mol. The Kier molecular flexibility index (Phi) is 4.47. The Bertz CT molecular complexity index is 515. The predicted octanol–water partition coefficient (Wildman–Crippen LogP) is 1.62. The van der Waals surface area contributed by atoms with E-state index in [1.807, 2.05) is 49.5 Å². The van der Waals surface area contributed by atoms with E-state index in [2.05, 4.69) is 4.98 Å². The van der Waals surface area contributed by atoms with Crippen molar-refractivity contribution in [2.75, 3.05) is 0 Å². The van der Waals surface area contributed by atoms with E-state index in [1.165, 1.54) is 0 Å². The summed E-state index contributed by atoms with van der Waals surface area (Å²) in [4.78, 5) is 10.2. The second-order valence-electron chi connectivity index (χ2n) is 4.63. The maximum atomic E-state index is 9.39. The van der Waals surface area contributed by atoms with E-state index in [-0.39, 0.29) is 12.2 Å². The highest BCUT2D eigenvalue weighted by molar-refractivity contribution is 5.49. The lowest BCUT2D eigenvalue weighted by molar-refractivity contribution is -0.890. The first-order valence-electron chi connectivity index (χ1n) is 6.44. The Morgan fingerprint density at radius 1 is 1.21 bits per heavy atom. The van der Waals surface area contributed by atoms with Gasteiger partial charge in [-0.1, -0.05) is 6.07 Å². The van der Waals surface area contributed by atoms with Crippen LogP contribution >= 0.6 is 0 Å². The first kappa shape index (κ1) is 13.5. The van der Waals surface area contributed by atoms with E-state index in [1.54, 1.807) is 17.9 Å². The summed E-state index contributed by atoms with van der Waals surface area (Å²) in [5.74, 6) is 0. The standard InChI is InChI=1S/C15H19N2O2/c1-12(18)11-13(2)19-17-10-6-4-8-15(17)14-7-3-5-9-16-14/h3-10,12-13,18H,11H2,1-2H3/q+1. The third-order valence-corrected chi connectivity index (χ3v) is 2.72. The predicted molar refractivity (Wildman–Crippen MR) is 72.2 cm³/mol. The summed E-state index contributed by atoms with van der Waals surface area (Å²) in [7, 11) is 0. The van der Waals surface area contributed by atoms with E-state index in [0.717, 1.165) is 11.4 Å². The zero-order chi connectivity index (χ0) is 13.7. The number of nitrogens with zero attached hydrogens (tertiary/aromatic N) is 2. The zero-order valence-electron chi connectivity index (χ0n) is 11.2. The minimum Gasteiger partial charge on any atom is -0.393 e. The highest BCUT2D eigenvalue weighted by Crippen LogP contribution is 2.10. The fourth-order valence-electron chi connectivity index (χ4n) is 1.95. The van der Waals surface area contributed by atoms with Crippen molar-refractivity contribution in [3.63, 3.8) is 0 Å². The third-order valence-electron chi connectivity index (χ3n) is 2.72. The smallest absolute Gasteiger partial charge is 0.282 e. The van der Waals surface area contributed by atoms with Crippen molar-refractivity contribution in [2.24, 2.45) is 0 Å². The summed E-state index contributed by atoms with van der Waals surface area (Å²) in [6.07, 6.45) is 3.74. The van der Waals surface area contributed by atoms with Crippen LogP contribution in [-0.2, 0) is 0 Å². The molecule has 1 N–H and O–H groups in total. The van der Waals surface area contributed by atoms with E-state index >= 15 is 0 Å². The fourth-order valence-corrected chi connectivity index (χ4v) is 1.95. The number of rotatable bonds is 5. The minimum atomic E-state index is -0.377. The van der Waals surface area contributed by atoms with Gasteiger partial charge in [0.25, 0.3) is 5.69 Å². The van der Waals surface area contributed by atoms with Crippen molar-refractivity contribution in [3.05, 3.63) is 48.8 Å². The van der Waals surface area contributed by atoms with E-state index < -0.39 is 0 Å². The molecule has 2 unspecified atom stereocenters. The summed E-state index contributed by atoms with van der Waals surface area (Å²) in [5.41, 5.74) is 1.74. The fraction of sp³-hybridized carbons (Fsp3) is 0.333. The molecule has 100 valence electrons. The minimum absolute atomic E-state index is 0.0742. The largest absolute Gasteiger partial charge is 0.393 e. The first-order chi connectivity index (χ1) is 9.16. The molecule has 0 bridgehead atoms. The molecule has 2 heterocycles. The van der Waals surface area contributed by atoms with Crippen LogP contribution in [-0.4, -0.2) is 22.3 Å². The lowest BCUT2D eigenvalue weighted by atomic mass is 10.2. The molecule has 0 amide bonds. The van der Waals surface area contributed by atoms with Crippen LogP contribution < -0.4 is 9.57 Å². The second-order valence-corrected chi connectivity index (χ2v) is 4.63. The summed E-state index contributed by atoms with van der Waals surface area (Å²) < 4.78 is 1.70. The van der Waals surface area contributed by atoms with Crippen LogP contribution in [0.5, 0.6) is 0 Å². The van der Waals surface area contributed by atoms with Crippen LogP contribution in [0.1, 0.15) is 20.3 Å². The molecule has 0 spiro atoms. The molecule has 0 saturated heterocycles. The van der Waals surface area contributed by atoms with Crippen LogP contribution in [0.3, 0.4) is 0 Å². The first-order valence-corrected chi connectivity index (χ1v) is 6.44. The molecule has 19 heavy (non-hydrogen) atoms. The normalized spacial score (nSPS) is 13.8. The molecule has 2 aromatic heterocycles. The Morgan fingerprint density at radius 2 is 2.00 bits per heavy atom. The monoisotopic (exact) mass is 259 g/mol. The van der Waals surface area contributed by atoms with Gasteiger partial charge in [-0.25, -0.2) is 4.98 Å². The SMILES string of the molecule is CC(O)CC(C)O[n+]1ccccc1-c1ccccn1. The van der Waals surface area contributed by atoms with Gasteiger partial charge in [-0.05, 0) is 32.0 Å². The van der Waals surface area contributed by atoms with Gasteiger partial charge < -0.3 is 5.11 Å². The molecule has 0 aromatic carbocycles.